The molecule has 13 heavy (non-hydrogen) atoms. The van der Waals surface area contributed by atoms with E-state index in [4.69, 9.17) is 0 Å². The van der Waals surface area contributed by atoms with Crippen molar-refractivity contribution in [2.75, 3.05) is 18.8 Å². The molecule has 1 aliphatic carbocycles. The normalized spacial score (nSPS) is 16.8. The average molecular weight is 201 g/mol. The molecular formula is C11H23NS. The molecule has 0 spiro atoms. The highest BCUT2D eigenvalue weighted by molar-refractivity contribution is 7.80. The van der Waals surface area contributed by atoms with Gasteiger partial charge in [0.05, 0.1) is 0 Å². The molecule has 0 atom stereocenters. The molecule has 0 aromatic heterocycles. The number of thiol groups is 1. The second-order valence-electron chi connectivity index (χ2n) is 4.05. The van der Waals surface area contributed by atoms with Gasteiger partial charge in [0.15, 0.2) is 0 Å². The van der Waals surface area contributed by atoms with Crippen LogP contribution in [0.15, 0.2) is 0 Å². The quantitative estimate of drug-likeness (QED) is 0.467. The van der Waals surface area contributed by atoms with Crippen LogP contribution in [0.3, 0.4) is 0 Å². The molecule has 78 valence electrons. The number of unbranched alkanes of at least 4 members (excludes halogenated alkanes) is 2. The fraction of sp³-hybridized carbons (Fsp3) is 1.00. The SMILES string of the molecule is CCCCN(CCCCS)C1CC1. The summed E-state index contributed by atoms with van der Waals surface area (Å²) in [7, 11) is 0. The van der Waals surface area contributed by atoms with E-state index in [0.717, 1.165) is 11.8 Å². The Labute approximate surface area is 88.3 Å². The Morgan fingerprint density at radius 3 is 2.38 bits per heavy atom. The van der Waals surface area contributed by atoms with Gasteiger partial charge in [0, 0.05) is 6.04 Å². The van der Waals surface area contributed by atoms with E-state index < -0.39 is 0 Å². The van der Waals surface area contributed by atoms with Gasteiger partial charge in [-0.3, -0.25) is 0 Å². The summed E-state index contributed by atoms with van der Waals surface area (Å²) in [6, 6.07) is 0.950. The van der Waals surface area contributed by atoms with Crippen LogP contribution < -0.4 is 0 Å². The maximum absolute atomic E-state index is 4.24. The van der Waals surface area contributed by atoms with Crippen molar-refractivity contribution in [3.63, 3.8) is 0 Å². The number of hydrogen-bond donors (Lipinski definition) is 1. The Balaban J connectivity index is 2.06. The molecule has 0 bridgehead atoms. The van der Waals surface area contributed by atoms with Crippen LogP contribution in [0.25, 0.3) is 0 Å². The molecule has 0 aromatic carbocycles. The zero-order valence-corrected chi connectivity index (χ0v) is 9.73. The second-order valence-corrected chi connectivity index (χ2v) is 4.50. The summed E-state index contributed by atoms with van der Waals surface area (Å²) in [5, 5.41) is 0. The molecule has 0 radical (unpaired) electrons. The first-order valence-electron chi connectivity index (χ1n) is 5.73. The lowest BCUT2D eigenvalue weighted by Gasteiger charge is -2.21. The van der Waals surface area contributed by atoms with E-state index in [1.165, 1.54) is 51.6 Å². The van der Waals surface area contributed by atoms with E-state index in [1.807, 2.05) is 0 Å². The minimum Gasteiger partial charge on any atom is -0.300 e. The summed E-state index contributed by atoms with van der Waals surface area (Å²) in [5.41, 5.74) is 0. The van der Waals surface area contributed by atoms with Crippen molar-refractivity contribution in [3.8, 4) is 0 Å². The lowest BCUT2D eigenvalue weighted by atomic mass is 10.2. The first-order valence-corrected chi connectivity index (χ1v) is 6.36. The Bertz CT molecular complexity index is 123. The van der Waals surface area contributed by atoms with Crippen LogP contribution in [0.5, 0.6) is 0 Å². The third-order valence-electron chi connectivity index (χ3n) is 2.72. The molecule has 1 aliphatic rings. The van der Waals surface area contributed by atoms with E-state index in [9.17, 15) is 0 Å². The third kappa shape index (κ3) is 4.92. The van der Waals surface area contributed by atoms with E-state index in [1.54, 1.807) is 0 Å². The molecule has 1 fully saturated rings. The van der Waals surface area contributed by atoms with Gasteiger partial charge in [0.25, 0.3) is 0 Å². The average Bonchev–Trinajstić information content (AvgIpc) is 2.94. The predicted molar refractivity (Wildman–Crippen MR) is 62.6 cm³/mol. The van der Waals surface area contributed by atoms with Crippen molar-refractivity contribution < 1.29 is 0 Å². The van der Waals surface area contributed by atoms with Crippen LogP contribution >= 0.6 is 12.6 Å². The number of nitrogens with zero attached hydrogens (tertiary/aromatic N) is 1. The molecule has 0 unspecified atom stereocenters. The first-order chi connectivity index (χ1) is 6.38. The Hall–Kier alpha value is 0.310. The van der Waals surface area contributed by atoms with Crippen LogP contribution in [0.4, 0.5) is 0 Å². The van der Waals surface area contributed by atoms with Gasteiger partial charge in [0.2, 0.25) is 0 Å². The molecule has 0 heterocycles. The van der Waals surface area contributed by atoms with Gasteiger partial charge in [-0.1, -0.05) is 13.3 Å². The first kappa shape index (κ1) is 11.4. The molecule has 0 aliphatic heterocycles. The van der Waals surface area contributed by atoms with Gasteiger partial charge < -0.3 is 4.90 Å². The van der Waals surface area contributed by atoms with Crippen molar-refractivity contribution in [2.45, 2.75) is 51.5 Å². The van der Waals surface area contributed by atoms with E-state index in [-0.39, 0.29) is 0 Å². The summed E-state index contributed by atoms with van der Waals surface area (Å²) in [5.74, 6) is 1.05. The number of rotatable bonds is 8. The topological polar surface area (TPSA) is 3.24 Å². The molecule has 0 N–H and O–H groups in total. The monoisotopic (exact) mass is 201 g/mol. The Morgan fingerprint density at radius 1 is 1.15 bits per heavy atom. The highest BCUT2D eigenvalue weighted by atomic mass is 32.1. The van der Waals surface area contributed by atoms with Gasteiger partial charge in [-0.15, -0.1) is 0 Å². The lowest BCUT2D eigenvalue weighted by Crippen LogP contribution is -2.28. The maximum Gasteiger partial charge on any atom is 0.00964 e. The summed E-state index contributed by atoms with van der Waals surface area (Å²) in [6.07, 6.45) is 8.21. The number of hydrogen-bond acceptors (Lipinski definition) is 2. The molecule has 2 heteroatoms. The fourth-order valence-electron chi connectivity index (χ4n) is 1.70. The van der Waals surface area contributed by atoms with Crippen molar-refractivity contribution in [1.29, 1.82) is 0 Å². The molecule has 0 saturated heterocycles. The Morgan fingerprint density at radius 2 is 1.85 bits per heavy atom. The van der Waals surface area contributed by atoms with Crippen molar-refractivity contribution in [1.82, 2.24) is 4.90 Å². The lowest BCUT2D eigenvalue weighted by molar-refractivity contribution is 0.255. The van der Waals surface area contributed by atoms with Crippen LogP contribution in [0, 0.1) is 0 Å². The van der Waals surface area contributed by atoms with Gasteiger partial charge in [-0.05, 0) is 50.9 Å². The molecule has 0 aromatic rings. The van der Waals surface area contributed by atoms with E-state index in [2.05, 4.69) is 24.5 Å². The molecule has 0 amide bonds. The highest BCUT2D eigenvalue weighted by Gasteiger charge is 2.27. The molecule has 1 rings (SSSR count). The van der Waals surface area contributed by atoms with Crippen molar-refractivity contribution in [3.05, 3.63) is 0 Å². The summed E-state index contributed by atoms with van der Waals surface area (Å²) < 4.78 is 0. The predicted octanol–water partition coefficient (Wildman–Crippen LogP) is 2.96. The van der Waals surface area contributed by atoms with Crippen LogP contribution in [0.2, 0.25) is 0 Å². The van der Waals surface area contributed by atoms with Crippen molar-refractivity contribution in [2.24, 2.45) is 0 Å². The van der Waals surface area contributed by atoms with Crippen LogP contribution in [-0.4, -0.2) is 29.8 Å². The standard InChI is InChI=1S/C11H23NS/c1-2-3-8-12(11-6-7-11)9-4-5-10-13/h11,13H,2-10H2,1H3. The smallest absolute Gasteiger partial charge is 0.00964 e. The highest BCUT2D eigenvalue weighted by Crippen LogP contribution is 2.27. The molecule has 1 nitrogen and oxygen atoms in total. The van der Waals surface area contributed by atoms with Crippen molar-refractivity contribution >= 4 is 12.6 Å². The largest absolute Gasteiger partial charge is 0.300 e. The third-order valence-corrected chi connectivity index (χ3v) is 3.03. The summed E-state index contributed by atoms with van der Waals surface area (Å²) >= 11 is 4.24. The molecular weight excluding hydrogens is 178 g/mol. The Kier molecular flexibility index (Phi) is 5.88. The van der Waals surface area contributed by atoms with Gasteiger partial charge in [-0.25, -0.2) is 0 Å². The second kappa shape index (κ2) is 6.72. The zero-order valence-electron chi connectivity index (χ0n) is 8.84. The fourth-order valence-corrected chi connectivity index (χ4v) is 1.93. The minimum absolute atomic E-state index is 0.950. The molecule has 1 saturated carbocycles. The van der Waals surface area contributed by atoms with Gasteiger partial charge >= 0.3 is 0 Å². The van der Waals surface area contributed by atoms with Crippen LogP contribution in [-0.2, 0) is 0 Å². The van der Waals surface area contributed by atoms with E-state index in [0.29, 0.717) is 0 Å². The minimum atomic E-state index is 0.950. The zero-order chi connectivity index (χ0) is 9.52. The summed E-state index contributed by atoms with van der Waals surface area (Å²) in [6.45, 7) is 4.91. The van der Waals surface area contributed by atoms with Crippen LogP contribution in [0.1, 0.15) is 45.4 Å². The van der Waals surface area contributed by atoms with Gasteiger partial charge in [0.1, 0.15) is 0 Å². The van der Waals surface area contributed by atoms with E-state index >= 15 is 0 Å². The van der Waals surface area contributed by atoms with Gasteiger partial charge in [-0.2, -0.15) is 12.6 Å². The maximum atomic E-state index is 4.24. The summed E-state index contributed by atoms with van der Waals surface area (Å²) in [4.78, 5) is 2.69.